The van der Waals surface area contributed by atoms with Crippen LogP contribution in [0.25, 0.3) is 0 Å². The van der Waals surface area contributed by atoms with Gasteiger partial charge in [0, 0.05) is 12.8 Å². The molecule has 0 aliphatic heterocycles. The van der Waals surface area contributed by atoms with E-state index in [1.807, 2.05) is 43.4 Å². The average molecular weight is 1010 g/mol. The maximum Gasteiger partial charge on any atom is 0.472 e. The second-order valence-electron chi connectivity index (χ2n) is 17.4. The van der Waals surface area contributed by atoms with Crippen molar-refractivity contribution in [2.75, 3.05) is 13.2 Å². The molecule has 0 amide bonds. The van der Waals surface area contributed by atoms with Gasteiger partial charge in [-0.25, -0.2) is 9.13 Å². The van der Waals surface area contributed by atoms with Gasteiger partial charge in [0.2, 0.25) is 0 Å². The van der Waals surface area contributed by atoms with Crippen molar-refractivity contribution in [3.8, 4) is 0 Å². The second kappa shape index (κ2) is 39.3. The molecule has 0 aromatic rings. The number of allylic oxidation sites excluding steroid dienone is 9. The molecular formula is C49H86O17P2. The van der Waals surface area contributed by atoms with Crippen molar-refractivity contribution >= 4 is 27.6 Å². The van der Waals surface area contributed by atoms with E-state index in [9.17, 15) is 58.9 Å². The number of hydrogen-bond donors (Lipinski definition) is 8. The van der Waals surface area contributed by atoms with Crippen molar-refractivity contribution in [3.05, 3.63) is 60.8 Å². The Labute approximate surface area is 405 Å². The maximum atomic E-state index is 13.0. The second-order valence-corrected chi connectivity index (χ2v) is 20.0. The van der Waals surface area contributed by atoms with Gasteiger partial charge < -0.3 is 49.7 Å². The quantitative estimate of drug-likeness (QED) is 0.0123. The van der Waals surface area contributed by atoms with E-state index in [4.69, 9.17) is 18.5 Å². The first-order chi connectivity index (χ1) is 32.5. The molecular weight excluding hydrogens is 922 g/mol. The highest BCUT2D eigenvalue weighted by molar-refractivity contribution is 7.47. The van der Waals surface area contributed by atoms with E-state index in [1.165, 1.54) is 38.5 Å². The lowest BCUT2D eigenvalue weighted by atomic mass is 9.85. The molecule has 68 heavy (non-hydrogen) atoms. The number of ether oxygens (including phenoxy) is 2. The third-order valence-electron chi connectivity index (χ3n) is 11.1. The first kappa shape index (κ1) is 63.7. The largest absolute Gasteiger partial charge is 0.472 e. The summed E-state index contributed by atoms with van der Waals surface area (Å²) in [5, 5.41) is 51.0. The molecule has 0 aromatic carbocycles. The molecule has 19 heteroatoms. The van der Waals surface area contributed by atoms with Crippen molar-refractivity contribution in [3.63, 3.8) is 0 Å². The summed E-state index contributed by atoms with van der Waals surface area (Å²) >= 11 is 0. The summed E-state index contributed by atoms with van der Waals surface area (Å²) in [4.78, 5) is 54.3. The van der Waals surface area contributed by atoms with Crippen LogP contribution in [0.4, 0.5) is 0 Å². The zero-order valence-electron chi connectivity index (χ0n) is 40.6. The van der Waals surface area contributed by atoms with Gasteiger partial charge in [0.1, 0.15) is 43.2 Å². The summed E-state index contributed by atoms with van der Waals surface area (Å²) < 4.78 is 49.3. The third kappa shape index (κ3) is 33.3. The van der Waals surface area contributed by atoms with Crippen molar-refractivity contribution in [1.82, 2.24) is 0 Å². The third-order valence-corrected chi connectivity index (χ3v) is 12.6. The summed E-state index contributed by atoms with van der Waals surface area (Å²) in [6, 6.07) is 0. The molecule has 6 unspecified atom stereocenters. The standard InChI is InChI=1S/C49H86O17P2/c1-3-5-6-7-8-9-10-11-12-13-14-17-20-23-26-29-32-36-42(51)62-38-41(39-63-68(60,61)66-49-46(55)44(53)45(54)48(47(49)56)65-67(57,58)59)64-43(52)37-33-30-27-24-21-18-15-16-19-22-25-28-31-35-40(50)34-4-2/h11-12,15,18-19,22,24,27-28,31,40-41,44-50,53-56H,3-10,13-14,16-17,20-21,23,25-26,29-30,32-39H2,1-2H3,(H,60,61)(H2,57,58,59)/b12-11-,18-15-,22-19-,27-24-,31-28-/t40?,41-,44?,45?,46?,47?,48-,49+/m1/s1. The van der Waals surface area contributed by atoms with Gasteiger partial charge in [-0.2, -0.15) is 0 Å². The van der Waals surface area contributed by atoms with Gasteiger partial charge in [-0.15, -0.1) is 0 Å². The number of aliphatic hydroxyl groups excluding tert-OH is 5. The lowest BCUT2D eigenvalue weighted by Gasteiger charge is -2.43. The minimum absolute atomic E-state index is 0.0493. The van der Waals surface area contributed by atoms with Crippen LogP contribution >= 0.6 is 15.6 Å². The van der Waals surface area contributed by atoms with Crippen LogP contribution in [0.3, 0.4) is 0 Å². The van der Waals surface area contributed by atoms with Crippen LogP contribution in [0.5, 0.6) is 0 Å². The topological polar surface area (TPSA) is 276 Å². The van der Waals surface area contributed by atoms with Gasteiger partial charge in [0.25, 0.3) is 0 Å². The zero-order valence-corrected chi connectivity index (χ0v) is 42.4. The molecule has 0 saturated heterocycles. The molecule has 394 valence electrons. The number of esters is 2. The average Bonchev–Trinajstić information content (AvgIpc) is 3.29. The summed E-state index contributed by atoms with van der Waals surface area (Å²) in [5.74, 6) is -1.30. The molecule has 8 N–H and O–H groups in total. The highest BCUT2D eigenvalue weighted by Crippen LogP contribution is 2.49. The van der Waals surface area contributed by atoms with Crippen LogP contribution < -0.4 is 0 Å². The van der Waals surface area contributed by atoms with Crippen LogP contribution in [0.2, 0.25) is 0 Å². The van der Waals surface area contributed by atoms with Crippen LogP contribution in [0.15, 0.2) is 60.8 Å². The molecule has 0 radical (unpaired) electrons. The molecule has 9 atom stereocenters. The van der Waals surface area contributed by atoms with E-state index in [2.05, 4.69) is 35.8 Å². The smallest absolute Gasteiger partial charge is 0.462 e. The number of phosphoric ester groups is 2. The lowest BCUT2D eigenvalue weighted by Crippen LogP contribution is -2.64. The van der Waals surface area contributed by atoms with Gasteiger partial charge in [-0.3, -0.25) is 23.2 Å². The summed E-state index contributed by atoms with van der Waals surface area (Å²) in [5.41, 5.74) is 0. The zero-order chi connectivity index (χ0) is 50.5. The molecule has 1 saturated carbocycles. The number of phosphoric acid groups is 2. The van der Waals surface area contributed by atoms with Crippen molar-refractivity contribution in [1.29, 1.82) is 0 Å². The van der Waals surface area contributed by atoms with Gasteiger partial charge >= 0.3 is 27.6 Å². The van der Waals surface area contributed by atoms with Gasteiger partial charge in [0.15, 0.2) is 6.10 Å². The Morgan fingerprint density at radius 3 is 1.56 bits per heavy atom. The fourth-order valence-corrected chi connectivity index (χ4v) is 8.80. The summed E-state index contributed by atoms with van der Waals surface area (Å²) in [7, 11) is -10.7. The fourth-order valence-electron chi connectivity index (χ4n) is 7.26. The molecule has 1 rings (SSSR count). The van der Waals surface area contributed by atoms with Crippen LogP contribution in [0, 0.1) is 0 Å². The van der Waals surface area contributed by atoms with Gasteiger partial charge in [-0.1, -0.05) is 145 Å². The predicted octanol–water partition coefficient (Wildman–Crippen LogP) is 8.81. The molecule has 0 spiro atoms. The highest BCUT2D eigenvalue weighted by atomic mass is 31.2. The number of aliphatic hydroxyl groups is 5. The Balaban J connectivity index is 2.62. The number of carbonyl (C=O) groups excluding carboxylic acids is 2. The van der Waals surface area contributed by atoms with E-state index in [0.717, 1.165) is 77.0 Å². The molecule has 17 nitrogen and oxygen atoms in total. The van der Waals surface area contributed by atoms with Crippen molar-refractivity contribution in [2.45, 2.75) is 223 Å². The van der Waals surface area contributed by atoms with Crippen LogP contribution in [-0.2, 0) is 41.8 Å². The number of rotatable bonds is 41. The van der Waals surface area contributed by atoms with E-state index in [1.54, 1.807) is 0 Å². The lowest BCUT2D eigenvalue weighted by molar-refractivity contribution is -0.216. The van der Waals surface area contributed by atoms with Gasteiger partial charge in [0.05, 0.1) is 12.7 Å². The first-order valence-electron chi connectivity index (χ1n) is 24.9. The molecule has 0 bridgehead atoms. The monoisotopic (exact) mass is 1010 g/mol. The summed E-state index contributed by atoms with van der Waals surface area (Å²) in [6.45, 7) is 2.86. The van der Waals surface area contributed by atoms with Crippen LogP contribution in [-0.4, -0.2) is 114 Å². The van der Waals surface area contributed by atoms with E-state index in [-0.39, 0.29) is 18.9 Å². The first-order valence-corrected chi connectivity index (χ1v) is 27.9. The fraction of sp³-hybridized carbons (Fsp3) is 0.755. The SMILES string of the molecule is CCCCCCCC/C=C\CCCCCCCCCC(=O)OC[C@H](COP(=O)(O)O[C@H]1C(O)C(O)C(O)[C@@H](OP(=O)(O)O)C1O)OC(=O)CCC/C=C\C/C=C\C/C=C\C/C=C\CC(O)CCC. The Bertz CT molecular complexity index is 1560. The molecule has 0 heterocycles. The van der Waals surface area contributed by atoms with Crippen LogP contribution in [0.1, 0.15) is 174 Å². The molecule has 1 aliphatic rings. The Kier molecular flexibility index (Phi) is 36.8. The van der Waals surface area contributed by atoms with E-state index < -0.39 is 83.5 Å². The Hall–Kier alpha value is -2.34. The maximum absolute atomic E-state index is 13.0. The highest BCUT2D eigenvalue weighted by Gasteiger charge is 2.54. The molecule has 1 fully saturated rings. The number of hydrogen-bond acceptors (Lipinski definition) is 14. The van der Waals surface area contributed by atoms with Crippen molar-refractivity contribution in [2.24, 2.45) is 0 Å². The Morgan fingerprint density at radius 1 is 0.529 bits per heavy atom. The Morgan fingerprint density at radius 2 is 1.00 bits per heavy atom. The number of carbonyl (C=O) groups is 2. The number of unbranched alkanes of at least 4 members (excludes halogenated alkanes) is 14. The van der Waals surface area contributed by atoms with E-state index >= 15 is 0 Å². The molecule has 0 aromatic heterocycles. The van der Waals surface area contributed by atoms with E-state index in [0.29, 0.717) is 32.1 Å². The normalized spacial score (nSPS) is 22.2. The van der Waals surface area contributed by atoms with Gasteiger partial charge in [-0.05, 0) is 77.0 Å². The van der Waals surface area contributed by atoms with Crippen molar-refractivity contribution < 1.29 is 82.0 Å². The predicted molar refractivity (Wildman–Crippen MR) is 261 cm³/mol. The minimum Gasteiger partial charge on any atom is -0.462 e. The minimum atomic E-state index is -5.38. The summed E-state index contributed by atoms with van der Waals surface area (Å²) in [6.07, 6.45) is 28.1. The molecule has 1 aliphatic carbocycles.